The molecule has 0 aromatic heterocycles. The lowest BCUT2D eigenvalue weighted by Gasteiger charge is -2.26. The summed E-state index contributed by atoms with van der Waals surface area (Å²) in [6, 6.07) is 18.4. The Kier molecular flexibility index (Phi) is 6.74. The van der Waals surface area contributed by atoms with Gasteiger partial charge in [-0.05, 0) is 42.0 Å². The van der Waals surface area contributed by atoms with E-state index in [1.807, 2.05) is 0 Å². The van der Waals surface area contributed by atoms with Gasteiger partial charge >= 0.3 is 0 Å². The molecular weight excluding hydrogens is 426 g/mol. The third-order valence-electron chi connectivity index (χ3n) is 4.48. The molecule has 0 spiro atoms. The summed E-state index contributed by atoms with van der Waals surface area (Å²) in [4.78, 5) is 0.0179. The summed E-state index contributed by atoms with van der Waals surface area (Å²) in [7, 11) is 0.625. The molecule has 0 fully saturated rings. The SMILES string of the molecule is COc1cc(CN(c2cccc(OC)c2)S(=O)(=O)c2ccccc2Cl)cc(OC)c1. The van der Waals surface area contributed by atoms with Gasteiger partial charge in [0.05, 0.1) is 38.6 Å². The molecule has 8 heteroatoms. The average Bonchev–Trinajstić information content (AvgIpc) is 2.77. The van der Waals surface area contributed by atoms with Crippen LogP contribution in [0.25, 0.3) is 0 Å². The Hall–Kier alpha value is -2.90. The first-order valence-electron chi connectivity index (χ1n) is 9.02. The van der Waals surface area contributed by atoms with Gasteiger partial charge in [-0.15, -0.1) is 0 Å². The van der Waals surface area contributed by atoms with Crippen molar-refractivity contribution in [3.05, 3.63) is 77.3 Å². The van der Waals surface area contributed by atoms with E-state index in [1.54, 1.807) is 74.9 Å². The van der Waals surface area contributed by atoms with E-state index >= 15 is 0 Å². The van der Waals surface area contributed by atoms with Crippen molar-refractivity contribution in [2.24, 2.45) is 0 Å². The molecular formula is C22H22ClNO5S. The van der Waals surface area contributed by atoms with Gasteiger partial charge < -0.3 is 14.2 Å². The number of ether oxygens (including phenoxy) is 3. The van der Waals surface area contributed by atoms with Crippen LogP contribution in [0, 0.1) is 0 Å². The van der Waals surface area contributed by atoms with Gasteiger partial charge in [-0.2, -0.15) is 0 Å². The van der Waals surface area contributed by atoms with Gasteiger partial charge in [0.15, 0.2) is 0 Å². The van der Waals surface area contributed by atoms with Crippen molar-refractivity contribution in [3.63, 3.8) is 0 Å². The predicted octanol–water partition coefficient (Wildman–Crippen LogP) is 4.76. The fourth-order valence-corrected chi connectivity index (χ4v) is 4.92. The van der Waals surface area contributed by atoms with Gasteiger partial charge in [0.2, 0.25) is 0 Å². The number of sulfonamides is 1. The zero-order valence-electron chi connectivity index (χ0n) is 16.8. The number of hydrogen-bond donors (Lipinski definition) is 0. The molecule has 0 saturated carbocycles. The Morgan fingerprint density at radius 2 is 1.43 bits per heavy atom. The van der Waals surface area contributed by atoms with Crippen LogP contribution in [-0.2, 0) is 16.6 Å². The highest BCUT2D eigenvalue weighted by molar-refractivity contribution is 7.93. The molecule has 0 aliphatic heterocycles. The number of methoxy groups -OCH3 is 3. The molecule has 3 aromatic carbocycles. The predicted molar refractivity (Wildman–Crippen MR) is 117 cm³/mol. The van der Waals surface area contributed by atoms with Gasteiger partial charge in [0, 0.05) is 12.1 Å². The summed E-state index contributed by atoms with van der Waals surface area (Å²) in [5.74, 6) is 1.66. The fourth-order valence-electron chi connectivity index (χ4n) is 2.98. The minimum Gasteiger partial charge on any atom is -0.497 e. The molecule has 0 saturated heterocycles. The van der Waals surface area contributed by atoms with Crippen molar-refractivity contribution in [1.29, 1.82) is 0 Å². The van der Waals surface area contributed by atoms with Crippen LogP contribution in [0.4, 0.5) is 5.69 Å². The Bertz CT molecular complexity index is 1110. The van der Waals surface area contributed by atoms with E-state index < -0.39 is 10.0 Å². The first-order valence-corrected chi connectivity index (χ1v) is 10.8. The van der Waals surface area contributed by atoms with E-state index in [9.17, 15) is 8.42 Å². The summed E-state index contributed by atoms with van der Waals surface area (Å²) < 4.78 is 44.4. The molecule has 0 unspecified atom stereocenters. The van der Waals surface area contributed by atoms with Crippen LogP contribution < -0.4 is 18.5 Å². The number of halogens is 1. The zero-order chi connectivity index (χ0) is 21.7. The summed E-state index contributed by atoms with van der Waals surface area (Å²) in [5.41, 5.74) is 1.13. The van der Waals surface area contributed by atoms with Gasteiger partial charge in [-0.1, -0.05) is 29.8 Å². The molecule has 158 valence electrons. The minimum atomic E-state index is -3.98. The topological polar surface area (TPSA) is 65.1 Å². The van der Waals surface area contributed by atoms with Crippen molar-refractivity contribution in [2.75, 3.05) is 25.6 Å². The lowest BCUT2D eigenvalue weighted by Crippen LogP contribution is -2.30. The average molecular weight is 448 g/mol. The van der Waals surface area contributed by atoms with Crippen LogP contribution in [-0.4, -0.2) is 29.7 Å². The van der Waals surface area contributed by atoms with E-state index in [0.29, 0.717) is 28.5 Å². The maximum atomic E-state index is 13.6. The lowest BCUT2D eigenvalue weighted by atomic mass is 10.2. The molecule has 0 amide bonds. The van der Waals surface area contributed by atoms with Crippen molar-refractivity contribution < 1.29 is 22.6 Å². The van der Waals surface area contributed by atoms with Crippen molar-refractivity contribution in [1.82, 2.24) is 0 Å². The monoisotopic (exact) mass is 447 g/mol. The van der Waals surface area contributed by atoms with E-state index in [4.69, 9.17) is 25.8 Å². The Morgan fingerprint density at radius 1 is 0.800 bits per heavy atom. The van der Waals surface area contributed by atoms with Gasteiger partial charge in [0.25, 0.3) is 10.0 Å². The third kappa shape index (κ3) is 4.63. The summed E-state index contributed by atoms with van der Waals surface area (Å²) in [5, 5.41) is 0.147. The largest absolute Gasteiger partial charge is 0.497 e. The number of benzene rings is 3. The smallest absolute Gasteiger partial charge is 0.266 e. The van der Waals surface area contributed by atoms with E-state index in [0.717, 1.165) is 0 Å². The Balaban J connectivity index is 2.14. The second kappa shape index (κ2) is 9.28. The van der Waals surface area contributed by atoms with Gasteiger partial charge in [0.1, 0.15) is 22.1 Å². The minimum absolute atomic E-state index is 0.0179. The molecule has 0 atom stereocenters. The van der Waals surface area contributed by atoms with Crippen LogP contribution in [0.1, 0.15) is 5.56 Å². The second-order valence-electron chi connectivity index (χ2n) is 6.36. The summed E-state index contributed by atoms with van der Waals surface area (Å²) in [6.07, 6.45) is 0. The molecule has 0 aliphatic rings. The summed E-state index contributed by atoms with van der Waals surface area (Å²) in [6.45, 7) is 0.0360. The standard InChI is InChI=1S/C22H22ClNO5S/c1-27-18-8-6-7-17(13-18)24(30(25,26)22-10-5-4-9-21(22)23)15-16-11-19(28-2)14-20(12-16)29-3/h4-14H,15H2,1-3H3. The molecule has 3 rings (SSSR count). The van der Waals surface area contributed by atoms with E-state index in [2.05, 4.69) is 0 Å². The van der Waals surface area contributed by atoms with Crippen molar-refractivity contribution >= 4 is 27.3 Å². The number of anilines is 1. The summed E-state index contributed by atoms with van der Waals surface area (Å²) >= 11 is 6.23. The van der Waals surface area contributed by atoms with E-state index in [1.165, 1.54) is 17.5 Å². The first-order chi connectivity index (χ1) is 14.4. The molecule has 6 nitrogen and oxygen atoms in total. The van der Waals surface area contributed by atoms with Crippen LogP contribution >= 0.6 is 11.6 Å². The molecule has 0 aliphatic carbocycles. The molecule has 0 bridgehead atoms. The lowest BCUT2D eigenvalue weighted by molar-refractivity contribution is 0.393. The maximum absolute atomic E-state index is 13.6. The normalized spacial score (nSPS) is 11.1. The van der Waals surface area contributed by atoms with Crippen LogP contribution in [0.2, 0.25) is 5.02 Å². The van der Waals surface area contributed by atoms with Gasteiger partial charge in [-0.3, -0.25) is 4.31 Å². The number of nitrogens with zero attached hydrogens (tertiary/aromatic N) is 1. The third-order valence-corrected chi connectivity index (χ3v) is 6.76. The highest BCUT2D eigenvalue weighted by Crippen LogP contribution is 2.33. The van der Waals surface area contributed by atoms with Crippen molar-refractivity contribution in [2.45, 2.75) is 11.4 Å². The molecule has 0 radical (unpaired) electrons. The van der Waals surface area contributed by atoms with Crippen molar-refractivity contribution in [3.8, 4) is 17.2 Å². The highest BCUT2D eigenvalue weighted by atomic mass is 35.5. The molecule has 0 N–H and O–H groups in total. The quantitative estimate of drug-likeness (QED) is 0.498. The van der Waals surface area contributed by atoms with Gasteiger partial charge in [-0.25, -0.2) is 8.42 Å². The van der Waals surface area contributed by atoms with Crippen LogP contribution in [0.5, 0.6) is 17.2 Å². The fraction of sp³-hybridized carbons (Fsp3) is 0.182. The molecule has 3 aromatic rings. The Labute approximate surface area is 181 Å². The molecule has 30 heavy (non-hydrogen) atoms. The van der Waals surface area contributed by atoms with E-state index in [-0.39, 0.29) is 16.5 Å². The molecule has 0 heterocycles. The zero-order valence-corrected chi connectivity index (χ0v) is 18.4. The Morgan fingerprint density at radius 3 is 2.03 bits per heavy atom. The number of hydrogen-bond acceptors (Lipinski definition) is 5. The number of rotatable bonds is 8. The first kappa shape index (κ1) is 21.8. The second-order valence-corrected chi connectivity index (χ2v) is 8.60. The van der Waals surface area contributed by atoms with Crippen LogP contribution in [0.3, 0.4) is 0 Å². The van der Waals surface area contributed by atoms with Crippen LogP contribution in [0.15, 0.2) is 71.6 Å². The maximum Gasteiger partial charge on any atom is 0.266 e. The highest BCUT2D eigenvalue weighted by Gasteiger charge is 2.28.